The number of allylic oxidation sites excluding steroid dienone is 4. The molecule has 0 unspecified atom stereocenters. The fourth-order valence-electron chi connectivity index (χ4n) is 10.2. The van der Waals surface area contributed by atoms with Crippen LogP contribution in [0.2, 0.25) is 0 Å². The van der Waals surface area contributed by atoms with E-state index in [4.69, 9.17) is 4.84 Å². The normalized spacial score (nSPS) is 48.8. The number of aliphatic hydroxyl groups is 1. The van der Waals surface area contributed by atoms with Crippen LogP contribution in [0.15, 0.2) is 23.8 Å². The zero-order valence-electron chi connectivity index (χ0n) is 23.8. The number of thioether (sulfide) groups is 1. The first kappa shape index (κ1) is 28.9. The Morgan fingerprint density at radius 3 is 2.62 bits per heavy atom. The number of hydrogen-bond acceptors (Lipinski definition) is 6. The van der Waals surface area contributed by atoms with Crippen LogP contribution in [-0.2, 0) is 14.4 Å². The molecule has 4 saturated carbocycles. The molecule has 1 saturated heterocycles. The minimum atomic E-state index is -2.25. The number of ketones is 1. The third-order valence-corrected chi connectivity index (χ3v) is 13.1. The Kier molecular flexibility index (Phi) is 7.00. The summed E-state index contributed by atoms with van der Waals surface area (Å²) < 4.78 is 47.3. The van der Waals surface area contributed by atoms with Crippen LogP contribution in [0.4, 0.5) is 13.2 Å². The first-order chi connectivity index (χ1) is 18.9. The van der Waals surface area contributed by atoms with Gasteiger partial charge in [-0.15, -0.1) is 0 Å². The highest BCUT2D eigenvalue weighted by molar-refractivity contribution is 8.13. The summed E-state index contributed by atoms with van der Waals surface area (Å²) in [6.07, 6.45) is 8.02. The topological polar surface area (TPSA) is 66.8 Å². The summed E-state index contributed by atoms with van der Waals surface area (Å²) in [5.74, 6) is -1.03. The molecule has 1 aliphatic heterocycles. The van der Waals surface area contributed by atoms with E-state index < -0.39 is 56.8 Å². The second kappa shape index (κ2) is 9.68. The maximum atomic E-state index is 17.7. The Balaban J connectivity index is 1.38. The van der Waals surface area contributed by atoms with Gasteiger partial charge in [-0.1, -0.05) is 63.8 Å². The third kappa shape index (κ3) is 3.59. The van der Waals surface area contributed by atoms with Gasteiger partial charge >= 0.3 is 0 Å². The number of aliphatic hydroxyl groups excluding tert-OH is 1. The van der Waals surface area contributed by atoms with E-state index in [1.165, 1.54) is 50.3 Å². The molecule has 6 rings (SSSR count). The van der Waals surface area contributed by atoms with Gasteiger partial charge in [-0.2, -0.15) is 5.06 Å². The lowest BCUT2D eigenvalue weighted by molar-refractivity contribution is -0.285. The molecule has 0 aromatic carbocycles. The third-order valence-electron chi connectivity index (χ3n) is 12.4. The standard InChI is InChI=1S/C31H42F3NO4S/c1-27-11-9-21(36)13-22(27)23(33)14-24-28(2)15-20-17-35(12-10-19-7-5-4-6-8-19)39-31(20,26(38)40-18-32)29(28,3)16-25(37)30(24,27)34/h9,11,13,19-20,23-25,37H,4-8,10,12,14-18H2,1-3H3/t20-,23-,24-,25-,27-,28-,29-,30-,31-/m0/s1. The number of halogens is 3. The largest absolute Gasteiger partial charge is 0.390 e. The van der Waals surface area contributed by atoms with Crippen LogP contribution in [0.5, 0.6) is 0 Å². The Bertz CT molecular complexity index is 1140. The monoisotopic (exact) mass is 581 g/mol. The molecule has 0 radical (unpaired) electrons. The number of hydroxylamine groups is 2. The predicted octanol–water partition coefficient (Wildman–Crippen LogP) is 6.06. The van der Waals surface area contributed by atoms with Gasteiger partial charge in [0.05, 0.1) is 6.10 Å². The number of rotatable bonds is 5. The molecule has 6 aliphatic rings. The fourth-order valence-corrected chi connectivity index (χ4v) is 11.0. The number of hydrogen-bond donors (Lipinski definition) is 1. The molecular formula is C31H42F3NO4S. The molecule has 1 N–H and O–H groups in total. The van der Waals surface area contributed by atoms with Crippen LogP contribution >= 0.6 is 11.8 Å². The quantitative estimate of drug-likeness (QED) is 0.426. The average molecular weight is 582 g/mol. The summed E-state index contributed by atoms with van der Waals surface area (Å²) in [6.45, 7) is 6.51. The van der Waals surface area contributed by atoms with Crippen molar-refractivity contribution >= 4 is 22.7 Å². The van der Waals surface area contributed by atoms with Crippen molar-refractivity contribution in [1.29, 1.82) is 0 Å². The number of fused-ring (bicyclic) bond motifs is 7. The molecule has 9 atom stereocenters. The summed E-state index contributed by atoms with van der Waals surface area (Å²) in [7, 11) is 0. The van der Waals surface area contributed by atoms with E-state index >= 15 is 8.78 Å². The van der Waals surface area contributed by atoms with Crippen LogP contribution in [0.25, 0.3) is 0 Å². The van der Waals surface area contributed by atoms with Crippen molar-refractivity contribution in [1.82, 2.24) is 5.06 Å². The second-order valence-electron chi connectivity index (χ2n) is 14.0. The predicted molar refractivity (Wildman–Crippen MR) is 147 cm³/mol. The van der Waals surface area contributed by atoms with Crippen LogP contribution in [0, 0.1) is 34.0 Å². The zero-order valence-corrected chi connectivity index (χ0v) is 24.6. The molecule has 0 aromatic rings. The van der Waals surface area contributed by atoms with Crippen molar-refractivity contribution < 1.29 is 32.7 Å². The maximum absolute atomic E-state index is 17.7. The van der Waals surface area contributed by atoms with Crippen molar-refractivity contribution in [3.05, 3.63) is 23.8 Å². The van der Waals surface area contributed by atoms with E-state index in [0.717, 1.165) is 6.42 Å². The van der Waals surface area contributed by atoms with E-state index in [2.05, 4.69) is 0 Å². The van der Waals surface area contributed by atoms with Crippen LogP contribution < -0.4 is 0 Å². The molecule has 5 nitrogen and oxygen atoms in total. The molecule has 40 heavy (non-hydrogen) atoms. The summed E-state index contributed by atoms with van der Waals surface area (Å²) >= 11 is 0.580. The summed E-state index contributed by atoms with van der Waals surface area (Å²) in [5, 5.41) is 13.2. The molecule has 0 spiro atoms. The Morgan fingerprint density at radius 1 is 1.20 bits per heavy atom. The second-order valence-corrected chi connectivity index (χ2v) is 14.9. The summed E-state index contributed by atoms with van der Waals surface area (Å²) in [6, 6.07) is -0.901. The SMILES string of the molecule is C[C@]12C[C@H](O)[C@@]3(F)[C@@H](C[C@H](F)C4=CC(=O)C=C[C@@]43C)[C@]1(C)C[C@H]1CN(CCC3CCCCC3)O[C@]12C(=O)SCF. The molecule has 222 valence electrons. The van der Waals surface area contributed by atoms with Crippen molar-refractivity contribution in [2.75, 3.05) is 19.1 Å². The van der Waals surface area contributed by atoms with Gasteiger partial charge in [0, 0.05) is 35.8 Å². The van der Waals surface area contributed by atoms with Crippen molar-refractivity contribution in [3.8, 4) is 0 Å². The van der Waals surface area contributed by atoms with E-state index in [1.54, 1.807) is 6.92 Å². The first-order valence-electron chi connectivity index (χ1n) is 15.0. The van der Waals surface area contributed by atoms with E-state index in [-0.39, 0.29) is 30.1 Å². The van der Waals surface area contributed by atoms with Crippen molar-refractivity contribution in [3.63, 3.8) is 0 Å². The molecular weight excluding hydrogens is 539 g/mol. The molecule has 0 amide bonds. The minimum Gasteiger partial charge on any atom is -0.390 e. The highest BCUT2D eigenvalue weighted by Crippen LogP contribution is 2.78. The van der Waals surface area contributed by atoms with Gasteiger partial charge in [-0.3, -0.25) is 14.4 Å². The first-order valence-corrected chi connectivity index (χ1v) is 16.0. The molecule has 0 aromatic heterocycles. The highest BCUT2D eigenvalue weighted by Gasteiger charge is 2.83. The van der Waals surface area contributed by atoms with Gasteiger partial charge in [0.25, 0.3) is 0 Å². The lowest BCUT2D eigenvalue weighted by Crippen LogP contribution is -2.73. The van der Waals surface area contributed by atoms with Gasteiger partial charge in [-0.05, 0) is 61.7 Å². The molecule has 9 heteroatoms. The number of nitrogens with zero attached hydrogens (tertiary/aromatic N) is 1. The van der Waals surface area contributed by atoms with E-state index in [1.807, 2.05) is 18.9 Å². The van der Waals surface area contributed by atoms with E-state index in [9.17, 15) is 19.1 Å². The average Bonchev–Trinajstić information content (AvgIpc) is 3.37. The lowest BCUT2D eigenvalue weighted by atomic mass is 9.40. The Hall–Kier alpha value is -1.16. The van der Waals surface area contributed by atoms with Crippen molar-refractivity contribution in [2.24, 2.45) is 34.0 Å². The van der Waals surface area contributed by atoms with Crippen LogP contribution in [0.1, 0.15) is 78.6 Å². The molecule has 5 aliphatic carbocycles. The van der Waals surface area contributed by atoms with Gasteiger partial charge in [0.2, 0.25) is 5.12 Å². The van der Waals surface area contributed by atoms with Crippen LogP contribution in [-0.4, -0.2) is 63.7 Å². The maximum Gasteiger partial charge on any atom is 0.226 e. The zero-order chi connectivity index (χ0) is 28.7. The Labute approximate surface area is 239 Å². The fraction of sp³-hybridized carbons (Fsp3) is 0.806. The molecule has 0 bridgehead atoms. The van der Waals surface area contributed by atoms with Crippen molar-refractivity contribution in [2.45, 2.75) is 102 Å². The minimum absolute atomic E-state index is 0.0760. The highest BCUT2D eigenvalue weighted by atomic mass is 32.2. The van der Waals surface area contributed by atoms with E-state index in [0.29, 0.717) is 37.2 Å². The van der Waals surface area contributed by atoms with Gasteiger partial charge in [0.15, 0.2) is 17.1 Å². The summed E-state index contributed by atoms with van der Waals surface area (Å²) in [4.78, 5) is 32.7. The number of carbonyl (C=O) groups is 2. The number of alkyl halides is 3. The smallest absolute Gasteiger partial charge is 0.226 e. The Morgan fingerprint density at radius 2 is 1.93 bits per heavy atom. The molecule has 5 fully saturated rings. The van der Waals surface area contributed by atoms with Gasteiger partial charge in [0.1, 0.15) is 12.2 Å². The van der Waals surface area contributed by atoms with Gasteiger partial charge < -0.3 is 5.11 Å². The summed E-state index contributed by atoms with van der Waals surface area (Å²) in [5.41, 5.74) is -7.08. The van der Waals surface area contributed by atoms with Gasteiger partial charge in [-0.25, -0.2) is 13.2 Å². The molecule has 1 heterocycles. The lowest BCUT2D eigenvalue weighted by Gasteiger charge is -2.67. The number of carbonyl (C=O) groups excluding carboxylic acids is 2. The van der Waals surface area contributed by atoms with Crippen LogP contribution in [0.3, 0.4) is 0 Å².